The molecule has 2 N–H and O–H groups in total. The maximum absolute atomic E-state index is 13.8. The van der Waals surface area contributed by atoms with Gasteiger partial charge < -0.3 is 9.80 Å². The van der Waals surface area contributed by atoms with Gasteiger partial charge >= 0.3 is 0 Å². The summed E-state index contributed by atoms with van der Waals surface area (Å²) in [6.07, 6.45) is 13.1. The first-order chi connectivity index (χ1) is 14.5. The van der Waals surface area contributed by atoms with E-state index in [0.717, 1.165) is 61.5 Å². The molecule has 0 bridgehead atoms. The average Bonchev–Trinajstić information content (AvgIpc) is 3.38. The van der Waals surface area contributed by atoms with Gasteiger partial charge in [-0.2, -0.15) is 0 Å². The van der Waals surface area contributed by atoms with Crippen molar-refractivity contribution in [1.82, 2.24) is 20.7 Å². The van der Waals surface area contributed by atoms with Crippen LogP contribution in [0.1, 0.15) is 65.2 Å². The summed E-state index contributed by atoms with van der Waals surface area (Å²) in [4.78, 5) is 18.5. The summed E-state index contributed by atoms with van der Waals surface area (Å²) in [6.45, 7) is 6.23. The van der Waals surface area contributed by atoms with Gasteiger partial charge in [0.2, 0.25) is 0 Å². The van der Waals surface area contributed by atoms with Gasteiger partial charge in [-0.05, 0) is 76.7 Å². The number of nitrogens with one attached hydrogen (secondary N) is 2. The van der Waals surface area contributed by atoms with Crippen molar-refractivity contribution in [3.8, 4) is 0 Å². The lowest BCUT2D eigenvalue weighted by Gasteiger charge is -2.39. The second kappa shape index (κ2) is 8.33. The van der Waals surface area contributed by atoms with Gasteiger partial charge in [-0.25, -0.2) is 0 Å². The van der Waals surface area contributed by atoms with Crippen molar-refractivity contribution in [2.45, 2.75) is 89.4 Å². The van der Waals surface area contributed by atoms with Gasteiger partial charge in [0.1, 0.15) is 0 Å². The third kappa shape index (κ3) is 3.85. The zero-order chi connectivity index (χ0) is 20.8. The first-order valence-electron chi connectivity index (χ1n) is 11.9. The molecule has 3 fully saturated rings. The number of hydrazine groups is 1. The lowest BCUT2D eigenvalue weighted by molar-refractivity contribution is -0.131. The Hall–Kier alpha value is -1.30. The normalized spacial score (nSPS) is 34.0. The smallest absolute Gasteiger partial charge is 0.252 e. The molecule has 2 aliphatic heterocycles. The van der Waals surface area contributed by atoms with Crippen molar-refractivity contribution in [1.29, 1.82) is 0 Å². The highest BCUT2D eigenvalue weighted by molar-refractivity contribution is 6.32. The molecule has 0 spiro atoms. The van der Waals surface area contributed by atoms with Crippen LogP contribution in [0.25, 0.3) is 0 Å². The van der Waals surface area contributed by atoms with E-state index < -0.39 is 0 Å². The molecular formula is C24H35ClN4O. The molecule has 5 rings (SSSR count). The molecular weight excluding hydrogens is 396 g/mol. The summed E-state index contributed by atoms with van der Waals surface area (Å²) in [5.41, 5.74) is 10.1. The molecule has 4 atom stereocenters. The van der Waals surface area contributed by atoms with Crippen LogP contribution in [0.5, 0.6) is 0 Å². The van der Waals surface area contributed by atoms with E-state index in [-0.39, 0.29) is 0 Å². The number of fused-ring (bicyclic) bond motifs is 1. The number of carbonyl (C=O) groups excluding carboxylic acids is 1. The van der Waals surface area contributed by atoms with Crippen LogP contribution >= 0.6 is 11.6 Å². The van der Waals surface area contributed by atoms with E-state index in [0.29, 0.717) is 36.0 Å². The largest absolute Gasteiger partial charge is 0.367 e. The van der Waals surface area contributed by atoms with Crippen LogP contribution in [0.15, 0.2) is 34.0 Å². The number of hydrogen-bond acceptors (Lipinski definition) is 4. The Morgan fingerprint density at radius 2 is 1.97 bits per heavy atom. The quantitative estimate of drug-likeness (QED) is 0.695. The van der Waals surface area contributed by atoms with Gasteiger partial charge in [-0.1, -0.05) is 23.8 Å². The van der Waals surface area contributed by atoms with Crippen molar-refractivity contribution in [2.75, 3.05) is 13.1 Å². The second-order valence-electron chi connectivity index (χ2n) is 9.91. The van der Waals surface area contributed by atoms with Gasteiger partial charge in [0.15, 0.2) is 0 Å². The lowest BCUT2D eigenvalue weighted by atomic mass is 9.82. The molecule has 5 nitrogen and oxygen atoms in total. The van der Waals surface area contributed by atoms with Crippen LogP contribution in [0.4, 0.5) is 0 Å². The van der Waals surface area contributed by atoms with Crippen molar-refractivity contribution in [2.24, 2.45) is 5.92 Å². The summed E-state index contributed by atoms with van der Waals surface area (Å²) >= 11 is 6.47. The molecule has 1 amide bonds. The highest BCUT2D eigenvalue weighted by atomic mass is 35.5. The molecule has 1 saturated heterocycles. The van der Waals surface area contributed by atoms with Gasteiger partial charge in [0, 0.05) is 53.6 Å². The van der Waals surface area contributed by atoms with Gasteiger partial charge in [-0.3, -0.25) is 15.6 Å². The first-order valence-corrected chi connectivity index (χ1v) is 12.2. The van der Waals surface area contributed by atoms with Crippen LogP contribution < -0.4 is 10.9 Å². The number of halogens is 1. The summed E-state index contributed by atoms with van der Waals surface area (Å²) < 4.78 is 0. The van der Waals surface area contributed by atoms with E-state index in [1.165, 1.54) is 24.8 Å². The molecule has 2 heterocycles. The zero-order valence-electron chi connectivity index (χ0n) is 18.3. The van der Waals surface area contributed by atoms with Crippen molar-refractivity contribution >= 4 is 17.5 Å². The fourth-order valence-electron chi connectivity index (χ4n) is 5.96. The van der Waals surface area contributed by atoms with E-state index in [9.17, 15) is 4.79 Å². The minimum atomic E-state index is 0.311. The standard InChI is InChI=1S/C24H35ClN4O/c1-15-11-21(16(2)28(15)14-17-5-3-4-6-22(17)25)24(30)29(19-7-8-19)20-9-10-23-18(12-20)13-26-27-23/h5-6,15,18-20,23,26-27H,3-4,7-14H2,1-2H3. The molecule has 0 aromatic heterocycles. The van der Waals surface area contributed by atoms with Crippen LogP contribution in [0.2, 0.25) is 0 Å². The van der Waals surface area contributed by atoms with Crippen LogP contribution in [0, 0.1) is 5.92 Å². The number of amides is 1. The molecule has 3 aliphatic carbocycles. The van der Waals surface area contributed by atoms with Crippen molar-refractivity contribution < 1.29 is 4.79 Å². The fraction of sp³-hybridized carbons (Fsp3) is 0.708. The molecule has 4 unspecified atom stereocenters. The van der Waals surface area contributed by atoms with Crippen LogP contribution in [-0.2, 0) is 4.79 Å². The van der Waals surface area contributed by atoms with Crippen LogP contribution in [-0.4, -0.2) is 53.0 Å². The third-order valence-electron chi connectivity index (χ3n) is 7.86. The molecule has 2 saturated carbocycles. The molecule has 0 aromatic rings. The Morgan fingerprint density at radius 3 is 2.73 bits per heavy atom. The highest BCUT2D eigenvalue weighted by Crippen LogP contribution is 2.40. The van der Waals surface area contributed by atoms with Gasteiger partial charge in [0.05, 0.1) is 0 Å². The SMILES string of the molecule is CC1=C(C(=O)N(C2CC2)C2CCC3NNCC3C2)CC(C)N1CC1=CCCC=C1Cl. The molecule has 164 valence electrons. The monoisotopic (exact) mass is 430 g/mol. The van der Waals surface area contributed by atoms with E-state index >= 15 is 0 Å². The lowest BCUT2D eigenvalue weighted by Crippen LogP contribution is -2.48. The maximum atomic E-state index is 13.8. The van der Waals surface area contributed by atoms with Crippen LogP contribution in [0.3, 0.4) is 0 Å². The summed E-state index contributed by atoms with van der Waals surface area (Å²) in [5.74, 6) is 0.963. The summed E-state index contributed by atoms with van der Waals surface area (Å²) in [6, 6.07) is 1.79. The number of hydrogen-bond donors (Lipinski definition) is 2. The van der Waals surface area contributed by atoms with Gasteiger partial charge in [-0.15, -0.1) is 0 Å². The predicted octanol–water partition coefficient (Wildman–Crippen LogP) is 3.83. The molecule has 0 aromatic carbocycles. The number of rotatable bonds is 5. The second-order valence-corrected chi connectivity index (χ2v) is 10.3. The molecule has 5 aliphatic rings. The van der Waals surface area contributed by atoms with E-state index in [1.54, 1.807) is 0 Å². The summed E-state index contributed by atoms with van der Waals surface area (Å²) in [7, 11) is 0. The summed E-state index contributed by atoms with van der Waals surface area (Å²) in [5, 5.41) is 0.885. The molecule has 30 heavy (non-hydrogen) atoms. The Balaban J connectivity index is 1.34. The average molecular weight is 431 g/mol. The minimum Gasteiger partial charge on any atom is -0.367 e. The Labute approximate surface area is 185 Å². The van der Waals surface area contributed by atoms with Gasteiger partial charge in [0.25, 0.3) is 5.91 Å². The number of carbonyl (C=O) groups is 1. The van der Waals surface area contributed by atoms with Crippen molar-refractivity contribution in [3.63, 3.8) is 0 Å². The van der Waals surface area contributed by atoms with Crippen molar-refractivity contribution in [3.05, 3.63) is 34.0 Å². The topological polar surface area (TPSA) is 47.6 Å². The first kappa shape index (κ1) is 20.6. The predicted molar refractivity (Wildman–Crippen MR) is 121 cm³/mol. The Bertz CT molecular complexity index is 799. The van der Waals surface area contributed by atoms with E-state index in [1.807, 2.05) is 0 Å². The molecule has 6 heteroatoms. The Morgan fingerprint density at radius 1 is 1.20 bits per heavy atom. The van der Waals surface area contributed by atoms with E-state index in [4.69, 9.17) is 11.6 Å². The minimum absolute atomic E-state index is 0.311. The Kier molecular flexibility index (Phi) is 5.72. The maximum Gasteiger partial charge on any atom is 0.252 e. The number of allylic oxidation sites excluding steroid dienone is 3. The highest BCUT2D eigenvalue weighted by Gasteiger charge is 2.44. The van der Waals surface area contributed by atoms with E-state index in [2.05, 4.69) is 46.7 Å². The fourth-order valence-corrected chi connectivity index (χ4v) is 6.21. The zero-order valence-corrected chi connectivity index (χ0v) is 19.0. The third-order valence-corrected chi connectivity index (χ3v) is 8.26. The molecule has 0 radical (unpaired) electrons. The number of nitrogens with zero attached hydrogens (tertiary/aromatic N) is 2.